The minimum atomic E-state index is -0.404. The fourth-order valence-electron chi connectivity index (χ4n) is 1.75. The first kappa shape index (κ1) is 12.4. The molecule has 0 spiro atoms. The van der Waals surface area contributed by atoms with Gasteiger partial charge in [-0.05, 0) is 35.7 Å². The van der Waals surface area contributed by atoms with Crippen LogP contribution in [0.5, 0.6) is 0 Å². The average Bonchev–Trinajstić information content (AvgIpc) is 2.36. The molecule has 2 aromatic carbocycles. The predicted octanol–water partition coefficient (Wildman–Crippen LogP) is 4.27. The third-order valence-electron chi connectivity index (χ3n) is 2.91. The van der Waals surface area contributed by atoms with E-state index in [2.05, 4.69) is 31.3 Å². The lowest BCUT2D eigenvalue weighted by atomic mass is 10.0. The van der Waals surface area contributed by atoms with Crippen LogP contribution in [0.25, 0.3) is 0 Å². The fraction of sp³-hybridized carbons (Fsp3) is 0.200. The summed E-state index contributed by atoms with van der Waals surface area (Å²) in [5, 5.41) is 3.11. The molecule has 0 radical (unpaired) electrons. The van der Waals surface area contributed by atoms with E-state index in [1.54, 1.807) is 12.1 Å². The molecule has 3 N–H and O–H groups in total. The smallest absolute Gasteiger partial charge is 0.148 e. The summed E-state index contributed by atoms with van der Waals surface area (Å²) in [6.45, 7) is 4.29. The molecule has 0 aromatic heterocycles. The van der Waals surface area contributed by atoms with Crippen molar-refractivity contribution >= 4 is 17.1 Å². The van der Waals surface area contributed by atoms with Crippen LogP contribution in [0.15, 0.2) is 42.5 Å². The zero-order valence-corrected chi connectivity index (χ0v) is 10.6. The molecule has 0 atom stereocenters. The molecule has 0 fully saturated rings. The highest BCUT2D eigenvalue weighted by Gasteiger charge is 2.04. The maximum Gasteiger partial charge on any atom is 0.148 e. The van der Waals surface area contributed by atoms with Crippen molar-refractivity contribution in [3.63, 3.8) is 0 Å². The number of hydrogen-bond donors (Lipinski definition) is 2. The number of anilines is 3. The van der Waals surface area contributed by atoms with Crippen molar-refractivity contribution in [2.24, 2.45) is 0 Å². The summed E-state index contributed by atoms with van der Waals surface area (Å²) in [4.78, 5) is 0. The Hall–Kier alpha value is -2.03. The zero-order chi connectivity index (χ0) is 13.1. The lowest BCUT2D eigenvalue weighted by molar-refractivity contribution is 0.633. The molecular weight excluding hydrogens is 227 g/mol. The van der Waals surface area contributed by atoms with Crippen LogP contribution in [0.2, 0.25) is 0 Å². The summed E-state index contributed by atoms with van der Waals surface area (Å²) >= 11 is 0. The van der Waals surface area contributed by atoms with E-state index in [0.29, 0.717) is 11.6 Å². The van der Waals surface area contributed by atoms with Crippen molar-refractivity contribution in [1.29, 1.82) is 0 Å². The topological polar surface area (TPSA) is 38.0 Å². The van der Waals surface area contributed by atoms with Gasteiger partial charge in [0.05, 0.1) is 11.4 Å². The number of nitrogens with one attached hydrogen (secondary N) is 1. The number of halogens is 1. The standard InChI is InChI=1S/C15H17FN2/c1-10(2)11-6-8-12(9-7-11)18-14-5-3-4-13(16)15(14)17/h3-10,18H,17H2,1-2H3. The first-order chi connectivity index (χ1) is 8.58. The van der Waals surface area contributed by atoms with Crippen LogP contribution in [0.1, 0.15) is 25.3 Å². The van der Waals surface area contributed by atoms with E-state index in [9.17, 15) is 4.39 Å². The monoisotopic (exact) mass is 244 g/mol. The van der Waals surface area contributed by atoms with Crippen molar-refractivity contribution in [3.8, 4) is 0 Å². The molecule has 0 aliphatic carbocycles. The summed E-state index contributed by atoms with van der Waals surface area (Å²) < 4.78 is 13.3. The van der Waals surface area contributed by atoms with Crippen molar-refractivity contribution in [3.05, 3.63) is 53.8 Å². The van der Waals surface area contributed by atoms with E-state index in [4.69, 9.17) is 5.73 Å². The molecule has 0 aliphatic rings. The van der Waals surface area contributed by atoms with E-state index >= 15 is 0 Å². The molecule has 2 rings (SSSR count). The summed E-state index contributed by atoms with van der Waals surface area (Å²) in [5.74, 6) is 0.0945. The van der Waals surface area contributed by atoms with Gasteiger partial charge in [-0.3, -0.25) is 0 Å². The molecule has 18 heavy (non-hydrogen) atoms. The van der Waals surface area contributed by atoms with E-state index in [0.717, 1.165) is 5.69 Å². The Kier molecular flexibility index (Phi) is 3.51. The van der Waals surface area contributed by atoms with Gasteiger partial charge in [0.15, 0.2) is 0 Å². The van der Waals surface area contributed by atoms with Crippen LogP contribution in [0, 0.1) is 5.82 Å². The van der Waals surface area contributed by atoms with Gasteiger partial charge in [0.25, 0.3) is 0 Å². The average molecular weight is 244 g/mol. The lowest BCUT2D eigenvalue weighted by Gasteiger charge is -2.11. The number of nitrogens with two attached hydrogens (primary N) is 1. The van der Waals surface area contributed by atoms with Gasteiger partial charge in [-0.1, -0.05) is 32.0 Å². The molecular formula is C15H17FN2. The normalized spacial score (nSPS) is 10.7. The fourth-order valence-corrected chi connectivity index (χ4v) is 1.75. The van der Waals surface area contributed by atoms with Crippen LogP contribution < -0.4 is 11.1 Å². The number of para-hydroxylation sites is 1. The van der Waals surface area contributed by atoms with E-state index in [-0.39, 0.29) is 5.69 Å². The Morgan fingerprint density at radius 2 is 1.72 bits per heavy atom. The minimum absolute atomic E-state index is 0.144. The second-order valence-electron chi connectivity index (χ2n) is 4.60. The van der Waals surface area contributed by atoms with Crippen molar-refractivity contribution in [2.45, 2.75) is 19.8 Å². The van der Waals surface area contributed by atoms with Gasteiger partial charge >= 0.3 is 0 Å². The van der Waals surface area contributed by atoms with Crippen molar-refractivity contribution in [2.75, 3.05) is 11.1 Å². The molecule has 0 bridgehead atoms. The lowest BCUT2D eigenvalue weighted by Crippen LogP contribution is -1.99. The number of benzene rings is 2. The molecule has 2 aromatic rings. The minimum Gasteiger partial charge on any atom is -0.395 e. The quantitative estimate of drug-likeness (QED) is 0.791. The summed E-state index contributed by atoms with van der Waals surface area (Å²) in [5.41, 5.74) is 8.58. The molecule has 0 amide bonds. The van der Waals surface area contributed by atoms with Gasteiger partial charge in [-0.25, -0.2) is 4.39 Å². The van der Waals surface area contributed by atoms with E-state index in [1.807, 2.05) is 12.1 Å². The Morgan fingerprint density at radius 3 is 2.33 bits per heavy atom. The number of hydrogen-bond acceptors (Lipinski definition) is 2. The molecule has 2 nitrogen and oxygen atoms in total. The van der Waals surface area contributed by atoms with Gasteiger partial charge in [-0.15, -0.1) is 0 Å². The van der Waals surface area contributed by atoms with Crippen LogP contribution in [-0.2, 0) is 0 Å². The van der Waals surface area contributed by atoms with Crippen LogP contribution in [0.4, 0.5) is 21.5 Å². The first-order valence-corrected chi connectivity index (χ1v) is 5.99. The Labute approximate surface area is 107 Å². The molecule has 94 valence electrons. The zero-order valence-electron chi connectivity index (χ0n) is 10.6. The maximum atomic E-state index is 13.3. The highest BCUT2D eigenvalue weighted by molar-refractivity contribution is 5.72. The summed E-state index contributed by atoms with van der Waals surface area (Å²) in [6, 6.07) is 12.8. The predicted molar refractivity (Wildman–Crippen MR) is 74.6 cm³/mol. The highest BCUT2D eigenvalue weighted by Crippen LogP contribution is 2.26. The molecule has 0 saturated heterocycles. The summed E-state index contributed by atoms with van der Waals surface area (Å²) in [7, 11) is 0. The second-order valence-corrected chi connectivity index (χ2v) is 4.60. The summed E-state index contributed by atoms with van der Waals surface area (Å²) in [6.07, 6.45) is 0. The molecule has 0 saturated carbocycles. The van der Waals surface area contributed by atoms with Gasteiger partial charge in [0, 0.05) is 5.69 Å². The SMILES string of the molecule is CC(C)c1ccc(Nc2cccc(F)c2N)cc1. The maximum absolute atomic E-state index is 13.3. The van der Waals surface area contributed by atoms with Crippen LogP contribution in [0.3, 0.4) is 0 Å². The van der Waals surface area contributed by atoms with Crippen LogP contribution >= 0.6 is 0 Å². The van der Waals surface area contributed by atoms with Gasteiger partial charge < -0.3 is 11.1 Å². The first-order valence-electron chi connectivity index (χ1n) is 5.99. The van der Waals surface area contributed by atoms with E-state index in [1.165, 1.54) is 11.6 Å². The van der Waals surface area contributed by atoms with Gasteiger partial charge in [0.1, 0.15) is 5.82 Å². The third kappa shape index (κ3) is 2.62. The molecule has 3 heteroatoms. The Balaban J connectivity index is 2.21. The molecule has 0 aliphatic heterocycles. The van der Waals surface area contributed by atoms with Gasteiger partial charge in [0.2, 0.25) is 0 Å². The number of rotatable bonds is 3. The molecule has 0 heterocycles. The largest absolute Gasteiger partial charge is 0.395 e. The number of nitrogen functional groups attached to an aromatic ring is 1. The second kappa shape index (κ2) is 5.08. The third-order valence-corrected chi connectivity index (χ3v) is 2.91. The Morgan fingerprint density at radius 1 is 1.06 bits per heavy atom. The highest BCUT2D eigenvalue weighted by atomic mass is 19.1. The Bertz CT molecular complexity index is 533. The van der Waals surface area contributed by atoms with Crippen molar-refractivity contribution < 1.29 is 4.39 Å². The van der Waals surface area contributed by atoms with E-state index < -0.39 is 5.82 Å². The van der Waals surface area contributed by atoms with Gasteiger partial charge in [-0.2, -0.15) is 0 Å². The van der Waals surface area contributed by atoms with Crippen molar-refractivity contribution in [1.82, 2.24) is 0 Å². The van der Waals surface area contributed by atoms with Crippen LogP contribution in [-0.4, -0.2) is 0 Å². The molecule has 0 unspecified atom stereocenters.